The number of amides is 1. The van der Waals surface area contributed by atoms with Crippen molar-refractivity contribution in [2.75, 3.05) is 20.3 Å². The van der Waals surface area contributed by atoms with Crippen molar-refractivity contribution in [2.45, 2.75) is 31.2 Å². The topological polar surface area (TPSA) is 56.1 Å². The van der Waals surface area contributed by atoms with Gasteiger partial charge in [0, 0.05) is 30.8 Å². The highest BCUT2D eigenvalue weighted by Gasteiger charge is 2.42. The Balaban J connectivity index is 1.69. The van der Waals surface area contributed by atoms with Gasteiger partial charge in [0.1, 0.15) is 17.3 Å². The molecule has 25 heavy (non-hydrogen) atoms. The van der Waals surface area contributed by atoms with Crippen molar-refractivity contribution in [1.82, 2.24) is 15.1 Å². The van der Waals surface area contributed by atoms with E-state index in [4.69, 9.17) is 4.74 Å². The fraction of sp³-hybridized carbons (Fsp3) is 0.444. The van der Waals surface area contributed by atoms with Gasteiger partial charge in [0.05, 0.1) is 13.2 Å². The maximum absolute atomic E-state index is 14.2. The van der Waals surface area contributed by atoms with Crippen molar-refractivity contribution in [1.29, 1.82) is 0 Å². The molecule has 2 aromatic rings. The zero-order valence-electron chi connectivity index (χ0n) is 14.1. The molecule has 1 aromatic heterocycles. The third kappa shape index (κ3) is 3.56. The van der Waals surface area contributed by atoms with Crippen LogP contribution in [0.5, 0.6) is 0 Å². The monoisotopic (exact) mass is 349 g/mol. The van der Waals surface area contributed by atoms with Gasteiger partial charge in [-0.2, -0.15) is 5.10 Å². The van der Waals surface area contributed by atoms with Gasteiger partial charge in [-0.3, -0.25) is 9.48 Å². The minimum atomic E-state index is -0.677. The molecule has 1 heterocycles. The quantitative estimate of drug-likeness (QED) is 0.836. The minimum Gasteiger partial charge on any atom is -0.383 e. The van der Waals surface area contributed by atoms with Crippen LogP contribution < -0.4 is 5.32 Å². The lowest BCUT2D eigenvalue weighted by atomic mass is 9.64. The number of aromatic nitrogens is 2. The third-order valence-electron chi connectivity index (χ3n) is 4.79. The van der Waals surface area contributed by atoms with Crippen LogP contribution in [0.25, 0.3) is 0 Å². The highest BCUT2D eigenvalue weighted by molar-refractivity contribution is 5.92. The summed E-state index contributed by atoms with van der Waals surface area (Å²) in [5.41, 5.74) is -0.323. The summed E-state index contributed by atoms with van der Waals surface area (Å²) < 4.78 is 34.9. The van der Waals surface area contributed by atoms with Gasteiger partial charge < -0.3 is 10.1 Å². The highest BCUT2D eigenvalue weighted by atomic mass is 19.1. The van der Waals surface area contributed by atoms with E-state index >= 15 is 0 Å². The molecule has 5 nitrogen and oxygen atoms in total. The first kappa shape index (κ1) is 17.5. The molecule has 1 aliphatic rings. The summed E-state index contributed by atoms with van der Waals surface area (Å²) in [7, 11) is 1.59. The minimum absolute atomic E-state index is 0.0761. The van der Waals surface area contributed by atoms with Crippen LogP contribution in [0, 0.1) is 11.6 Å². The van der Waals surface area contributed by atoms with E-state index in [0.717, 1.165) is 6.42 Å². The van der Waals surface area contributed by atoms with Crippen LogP contribution >= 0.6 is 0 Å². The predicted molar refractivity (Wildman–Crippen MR) is 88.3 cm³/mol. The lowest BCUT2D eigenvalue weighted by Gasteiger charge is -2.42. The molecule has 0 bridgehead atoms. The SMILES string of the molecule is COCCn1ccc(C(=O)NCC2(c3c(F)cccc3F)CCC2)n1. The molecular formula is C18H21F2N3O2. The van der Waals surface area contributed by atoms with Crippen LogP contribution in [0.3, 0.4) is 0 Å². The van der Waals surface area contributed by atoms with E-state index in [-0.39, 0.29) is 23.7 Å². The number of hydrogen-bond acceptors (Lipinski definition) is 3. The Hall–Kier alpha value is -2.28. The Morgan fingerprint density at radius 2 is 2.04 bits per heavy atom. The maximum atomic E-state index is 14.2. The second-order valence-electron chi connectivity index (χ2n) is 6.37. The Morgan fingerprint density at radius 3 is 2.64 bits per heavy atom. The van der Waals surface area contributed by atoms with E-state index in [1.807, 2.05) is 0 Å². The molecule has 1 amide bonds. The van der Waals surface area contributed by atoms with Gasteiger partial charge in [0.25, 0.3) is 5.91 Å². The van der Waals surface area contributed by atoms with E-state index in [0.29, 0.717) is 26.0 Å². The molecule has 7 heteroatoms. The van der Waals surface area contributed by atoms with Crippen LogP contribution in [0.4, 0.5) is 8.78 Å². The van der Waals surface area contributed by atoms with Gasteiger partial charge in [0.2, 0.25) is 0 Å². The number of benzene rings is 1. The number of carbonyl (C=O) groups excluding carboxylic acids is 1. The van der Waals surface area contributed by atoms with Crippen LogP contribution in [0.15, 0.2) is 30.5 Å². The van der Waals surface area contributed by atoms with Crippen molar-refractivity contribution >= 4 is 5.91 Å². The van der Waals surface area contributed by atoms with Crippen molar-refractivity contribution in [3.05, 3.63) is 53.4 Å². The fourth-order valence-electron chi connectivity index (χ4n) is 3.26. The van der Waals surface area contributed by atoms with E-state index in [1.54, 1.807) is 24.1 Å². The predicted octanol–water partition coefficient (Wildman–Crippen LogP) is 2.66. The summed E-state index contributed by atoms with van der Waals surface area (Å²) in [6.07, 6.45) is 3.87. The van der Waals surface area contributed by atoms with Crippen LogP contribution in [0.1, 0.15) is 35.3 Å². The summed E-state index contributed by atoms with van der Waals surface area (Å²) in [5.74, 6) is -1.46. The van der Waals surface area contributed by atoms with Gasteiger partial charge in [0.15, 0.2) is 0 Å². The van der Waals surface area contributed by atoms with Crippen molar-refractivity contribution in [3.63, 3.8) is 0 Å². The average Bonchev–Trinajstić information content (AvgIpc) is 3.02. The number of methoxy groups -OCH3 is 1. The number of halogens is 2. The molecule has 0 atom stereocenters. The molecule has 0 unspecified atom stereocenters. The number of ether oxygens (including phenoxy) is 1. The molecule has 0 spiro atoms. The summed E-state index contributed by atoms with van der Waals surface area (Å²) in [4.78, 5) is 12.3. The number of carbonyl (C=O) groups is 1. The summed E-state index contributed by atoms with van der Waals surface area (Å²) >= 11 is 0. The van der Waals surface area contributed by atoms with E-state index < -0.39 is 17.0 Å². The first-order valence-corrected chi connectivity index (χ1v) is 8.31. The van der Waals surface area contributed by atoms with Gasteiger partial charge in [-0.05, 0) is 31.0 Å². The molecule has 1 aliphatic carbocycles. The van der Waals surface area contributed by atoms with Gasteiger partial charge in [-0.25, -0.2) is 8.78 Å². The van der Waals surface area contributed by atoms with E-state index in [9.17, 15) is 13.6 Å². The van der Waals surface area contributed by atoms with Crippen molar-refractivity contribution < 1.29 is 18.3 Å². The van der Waals surface area contributed by atoms with Gasteiger partial charge >= 0.3 is 0 Å². The number of rotatable bonds is 7. The van der Waals surface area contributed by atoms with Crippen LogP contribution in [-0.2, 0) is 16.7 Å². The van der Waals surface area contributed by atoms with E-state index in [2.05, 4.69) is 10.4 Å². The second kappa shape index (κ2) is 7.31. The Kier molecular flexibility index (Phi) is 5.13. The number of hydrogen-bond donors (Lipinski definition) is 1. The van der Waals surface area contributed by atoms with Crippen LogP contribution in [-0.4, -0.2) is 35.9 Å². The number of nitrogens with zero attached hydrogens (tertiary/aromatic N) is 2. The summed E-state index contributed by atoms with van der Waals surface area (Å²) in [6.45, 7) is 1.24. The zero-order chi connectivity index (χ0) is 17.9. The molecule has 1 aromatic carbocycles. The lowest BCUT2D eigenvalue weighted by molar-refractivity contribution is 0.0918. The van der Waals surface area contributed by atoms with Crippen molar-refractivity contribution in [3.8, 4) is 0 Å². The Bertz CT molecular complexity index is 736. The first-order valence-electron chi connectivity index (χ1n) is 8.31. The van der Waals surface area contributed by atoms with Crippen molar-refractivity contribution in [2.24, 2.45) is 0 Å². The molecule has 1 fully saturated rings. The first-order chi connectivity index (χ1) is 12.1. The molecule has 0 radical (unpaired) electrons. The third-order valence-corrected chi connectivity index (χ3v) is 4.79. The summed E-state index contributed by atoms with van der Waals surface area (Å²) in [5, 5.41) is 6.96. The molecule has 3 rings (SSSR count). The standard InChI is InChI=1S/C18H21F2N3O2/c1-25-11-10-23-9-6-15(22-23)17(24)21-12-18(7-3-8-18)16-13(19)4-2-5-14(16)20/h2,4-6,9H,3,7-8,10-12H2,1H3,(H,21,24). The molecule has 1 saturated carbocycles. The highest BCUT2D eigenvalue weighted by Crippen LogP contribution is 2.45. The van der Waals surface area contributed by atoms with Gasteiger partial charge in [-0.1, -0.05) is 12.5 Å². The Morgan fingerprint density at radius 1 is 1.32 bits per heavy atom. The number of nitrogens with one attached hydrogen (secondary N) is 1. The normalized spacial score (nSPS) is 15.6. The Labute approximate surface area is 145 Å². The van der Waals surface area contributed by atoms with Crippen LogP contribution in [0.2, 0.25) is 0 Å². The summed E-state index contributed by atoms with van der Waals surface area (Å²) in [6, 6.07) is 5.49. The zero-order valence-corrected chi connectivity index (χ0v) is 14.1. The smallest absolute Gasteiger partial charge is 0.271 e. The molecule has 1 N–H and O–H groups in total. The molecule has 134 valence electrons. The maximum Gasteiger partial charge on any atom is 0.271 e. The second-order valence-corrected chi connectivity index (χ2v) is 6.37. The largest absolute Gasteiger partial charge is 0.383 e. The molecular weight excluding hydrogens is 328 g/mol. The lowest BCUT2D eigenvalue weighted by Crippen LogP contribution is -2.46. The fourth-order valence-corrected chi connectivity index (χ4v) is 3.26. The van der Waals surface area contributed by atoms with Gasteiger partial charge in [-0.15, -0.1) is 0 Å². The average molecular weight is 349 g/mol. The van der Waals surface area contributed by atoms with E-state index in [1.165, 1.54) is 18.2 Å². The molecule has 0 saturated heterocycles. The molecule has 0 aliphatic heterocycles.